The molecule has 120 valence electrons. The molecule has 0 saturated carbocycles. The minimum absolute atomic E-state index is 0.0523. The van der Waals surface area contributed by atoms with E-state index < -0.39 is 5.97 Å². The normalized spacial score (nSPS) is 16.4. The average molecular weight is 352 g/mol. The van der Waals surface area contributed by atoms with Gasteiger partial charge in [0.15, 0.2) is 5.78 Å². The molecule has 1 aliphatic rings. The molecule has 23 heavy (non-hydrogen) atoms. The van der Waals surface area contributed by atoms with Crippen LogP contribution < -0.4 is 0 Å². The maximum absolute atomic E-state index is 12.0. The van der Waals surface area contributed by atoms with Crippen molar-refractivity contribution in [3.05, 3.63) is 57.1 Å². The van der Waals surface area contributed by atoms with E-state index in [0.717, 1.165) is 0 Å². The summed E-state index contributed by atoms with van der Waals surface area (Å²) < 4.78 is 0. The van der Waals surface area contributed by atoms with Gasteiger partial charge in [0, 0.05) is 10.6 Å². The predicted molar refractivity (Wildman–Crippen MR) is 91.0 cm³/mol. The van der Waals surface area contributed by atoms with E-state index in [2.05, 4.69) is 5.16 Å². The number of halogens is 2. The van der Waals surface area contributed by atoms with Crippen LogP contribution in [-0.4, -0.2) is 17.5 Å². The van der Waals surface area contributed by atoms with E-state index in [1.807, 2.05) is 13.8 Å². The van der Waals surface area contributed by atoms with Crippen LogP contribution in [0.15, 0.2) is 46.7 Å². The van der Waals surface area contributed by atoms with Crippen LogP contribution >= 0.6 is 23.2 Å². The van der Waals surface area contributed by atoms with E-state index >= 15 is 0 Å². The second-order valence-corrected chi connectivity index (χ2v) is 6.27. The van der Waals surface area contributed by atoms with Crippen LogP contribution in [0.25, 0.3) is 0 Å². The van der Waals surface area contributed by atoms with Crippen LogP contribution in [0.4, 0.5) is 0 Å². The van der Waals surface area contributed by atoms with Crippen LogP contribution in [0.2, 0.25) is 10.0 Å². The molecule has 0 fully saturated rings. The molecule has 0 heterocycles. The number of oxime groups is 1. The van der Waals surface area contributed by atoms with Crippen molar-refractivity contribution in [2.24, 2.45) is 11.1 Å². The molecular weight excluding hydrogens is 337 g/mol. The zero-order chi connectivity index (χ0) is 17.1. The molecule has 2 rings (SSSR count). The Morgan fingerprint density at radius 2 is 1.91 bits per heavy atom. The molecule has 1 aromatic rings. The number of hydrogen-bond donors (Lipinski definition) is 0. The summed E-state index contributed by atoms with van der Waals surface area (Å²) in [5.74, 6) is -0.689. The Kier molecular flexibility index (Phi) is 5.39. The minimum atomic E-state index is -0.691. The molecule has 0 unspecified atom stereocenters. The van der Waals surface area contributed by atoms with Crippen LogP contribution in [0, 0.1) is 5.92 Å². The standard InChI is InChI=1S/C17H15Cl2NO3/c1-9(2)13-8-15(10(3)6-16(13)21)20-23-17(22)12-5-4-11(18)7-14(12)19/h4-9H,1-3H3. The highest BCUT2D eigenvalue weighted by molar-refractivity contribution is 6.36. The number of ketones is 1. The van der Waals surface area contributed by atoms with Crippen LogP contribution in [0.3, 0.4) is 0 Å². The fourth-order valence-electron chi connectivity index (χ4n) is 2.03. The van der Waals surface area contributed by atoms with Crippen molar-refractivity contribution in [1.29, 1.82) is 0 Å². The van der Waals surface area contributed by atoms with E-state index in [4.69, 9.17) is 28.0 Å². The van der Waals surface area contributed by atoms with Crippen molar-refractivity contribution < 1.29 is 14.4 Å². The number of allylic oxidation sites excluding steroid dienone is 4. The quantitative estimate of drug-likeness (QED) is 0.453. The summed E-state index contributed by atoms with van der Waals surface area (Å²) in [7, 11) is 0. The predicted octanol–water partition coefficient (Wildman–Crippen LogP) is 4.62. The van der Waals surface area contributed by atoms with E-state index in [1.165, 1.54) is 18.2 Å². The highest BCUT2D eigenvalue weighted by Gasteiger charge is 2.20. The fourth-order valence-corrected chi connectivity index (χ4v) is 2.52. The Bertz CT molecular complexity index is 761. The number of carbonyl (C=O) groups is 2. The van der Waals surface area contributed by atoms with E-state index in [-0.39, 0.29) is 22.3 Å². The highest BCUT2D eigenvalue weighted by Crippen LogP contribution is 2.23. The van der Waals surface area contributed by atoms with Gasteiger partial charge in [-0.25, -0.2) is 4.79 Å². The lowest BCUT2D eigenvalue weighted by Crippen LogP contribution is -2.16. The van der Waals surface area contributed by atoms with Crippen molar-refractivity contribution in [1.82, 2.24) is 0 Å². The van der Waals surface area contributed by atoms with E-state index in [1.54, 1.807) is 19.1 Å². The number of nitrogens with zero attached hydrogens (tertiary/aromatic N) is 1. The summed E-state index contributed by atoms with van der Waals surface area (Å²) in [6, 6.07) is 4.46. The number of carbonyl (C=O) groups excluding carboxylic acids is 2. The monoisotopic (exact) mass is 351 g/mol. The molecule has 0 atom stereocenters. The van der Waals surface area contributed by atoms with Gasteiger partial charge < -0.3 is 4.84 Å². The van der Waals surface area contributed by atoms with Crippen LogP contribution in [0.1, 0.15) is 31.1 Å². The van der Waals surface area contributed by atoms with Gasteiger partial charge in [0.25, 0.3) is 0 Å². The van der Waals surface area contributed by atoms with Crippen molar-refractivity contribution in [2.45, 2.75) is 20.8 Å². The molecule has 1 aliphatic carbocycles. The zero-order valence-electron chi connectivity index (χ0n) is 12.9. The Hall–Kier alpha value is -1.91. The van der Waals surface area contributed by atoms with E-state index in [0.29, 0.717) is 21.9 Å². The van der Waals surface area contributed by atoms with Crippen molar-refractivity contribution in [3.8, 4) is 0 Å². The summed E-state index contributed by atoms with van der Waals surface area (Å²) in [5, 5.41) is 4.46. The second kappa shape index (κ2) is 7.11. The third-order valence-electron chi connectivity index (χ3n) is 3.33. The van der Waals surface area contributed by atoms with Crippen molar-refractivity contribution >= 4 is 40.7 Å². The van der Waals surface area contributed by atoms with Gasteiger partial charge in [-0.15, -0.1) is 0 Å². The fraction of sp³-hybridized carbons (Fsp3) is 0.235. The zero-order valence-corrected chi connectivity index (χ0v) is 14.4. The smallest absolute Gasteiger partial charge is 0.312 e. The third kappa shape index (κ3) is 4.09. The van der Waals surface area contributed by atoms with Gasteiger partial charge in [0.2, 0.25) is 0 Å². The molecule has 0 aromatic heterocycles. The topological polar surface area (TPSA) is 55.7 Å². The first-order valence-electron chi connectivity index (χ1n) is 6.98. The molecule has 1 aromatic carbocycles. The third-order valence-corrected chi connectivity index (χ3v) is 3.88. The molecule has 0 saturated heterocycles. The van der Waals surface area contributed by atoms with Gasteiger partial charge in [-0.05, 0) is 48.8 Å². The van der Waals surface area contributed by atoms with Gasteiger partial charge in [0.05, 0.1) is 10.6 Å². The summed E-state index contributed by atoms with van der Waals surface area (Å²) in [4.78, 5) is 28.9. The first kappa shape index (κ1) is 17.4. The Morgan fingerprint density at radius 1 is 1.22 bits per heavy atom. The second-order valence-electron chi connectivity index (χ2n) is 5.43. The van der Waals surface area contributed by atoms with Crippen molar-refractivity contribution in [3.63, 3.8) is 0 Å². The molecule has 0 amide bonds. The summed E-state index contributed by atoms with van der Waals surface area (Å²) in [5.41, 5.74) is 1.86. The van der Waals surface area contributed by atoms with Gasteiger partial charge in [0.1, 0.15) is 5.71 Å². The van der Waals surface area contributed by atoms with Gasteiger partial charge >= 0.3 is 5.97 Å². The molecule has 0 aliphatic heterocycles. The first-order chi connectivity index (χ1) is 10.8. The minimum Gasteiger partial charge on any atom is -0.312 e. The summed E-state index contributed by atoms with van der Waals surface area (Å²) in [6.45, 7) is 5.55. The molecule has 0 bridgehead atoms. The van der Waals surface area contributed by atoms with E-state index in [9.17, 15) is 9.59 Å². The lowest BCUT2D eigenvalue weighted by atomic mass is 9.90. The Labute approximate surface area is 144 Å². The van der Waals surface area contributed by atoms with Crippen LogP contribution in [-0.2, 0) is 9.63 Å². The molecular formula is C17H15Cl2NO3. The SMILES string of the molecule is CC1=CC(=O)C(C(C)C)=CC1=NOC(=O)c1ccc(Cl)cc1Cl. The number of benzene rings is 1. The molecule has 4 nitrogen and oxygen atoms in total. The summed E-state index contributed by atoms with van der Waals surface area (Å²) in [6.07, 6.45) is 3.12. The molecule has 0 spiro atoms. The Morgan fingerprint density at radius 3 is 2.52 bits per heavy atom. The lowest BCUT2D eigenvalue weighted by Gasteiger charge is -2.14. The molecule has 6 heteroatoms. The molecule has 0 radical (unpaired) electrons. The Balaban J connectivity index is 2.23. The molecule has 0 N–H and O–H groups in total. The maximum Gasteiger partial charge on any atom is 0.367 e. The maximum atomic E-state index is 12.0. The van der Waals surface area contributed by atoms with Gasteiger partial charge in [-0.1, -0.05) is 42.2 Å². The number of hydrogen-bond acceptors (Lipinski definition) is 4. The largest absolute Gasteiger partial charge is 0.367 e. The van der Waals surface area contributed by atoms with Gasteiger partial charge in [-0.2, -0.15) is 0 Å². The highest BCUT2D eigenvalue weighted by atomic mass is 35.5. The summed E-state index contributed by atoms with van der Waals surface area (Å²) >= 11 is 11.7. The van der Waals surface area contributed by atoms with Gasteiger partial charge in [-0.3, -0.25) is 4.79 Å². The number of rotatable bonds is 3. The first-order valence-corrected chi connectivity index (χ1v) is 7.74. The average Bonchev–Trinajstić information content (AvgIpc) is 2.45. The lowest BCUT2D eigenvalue weighted by molar-refractivity contribution is -0.111. The van der Waals surface area contributed by atoms with Crippen molar-refractivity contribution in [2.75, 3.05) is 0 Å². The van der Waals surface area contributed by atoms with Crippen LogP contribution in [0.5, 0.6) is 0 Å².